The SMILES string of the molecule is COC(=O)CCCCCCCCCC[C@@H](Br)C(=O)OC. The lowest BCUT2D eigenvalue weighted by atomic mass is 10.1. The Morgan fingerprint density at radius 2 is 1.35 bits per heavy atom. The second-order valence-corrected chi connectivity index (χ2v) is 6.04. The lowest BCUT2D eigenvalue weighted by Gasteiger charge is -2.07. The van der Waals surface area contributed by atoms with Crippen molar-refractivity contribution in [3.63, 3.8) is 0 Å². The van der Waals surface area contributed by atoms with Crippen LogP contribution in [0.25, 0.3) is 0 Å². The molecule has 5 heteroatoms. The molecule has 4 nitrogen and oxygen atoms in total. The molecule has 0 saturated carbocycles. The van der Waals surface area contributed by atoms with Crippen molar-refractivity contribution < 1.29 is 19.1 Å². The van der Waals surface area contributed by atoms with Crippen LogP contribution in [0.5, 0.6) is 0 Å². The molecule has 0 aliphatic carbocycles. The molecule has 1 atom stereocenters. The van der Waals surface area contributed by atoms with Crippen LogP contribution in [0.2, 0.25) is 0 Å². The number of carbonyl (C=O) groups excluding carboxylic acids is 2. The predicted molar refractivity (Wildman–Crippen MR) is 82.9 cm³/mol. The van der Waals surface area contributed by atoms with Crippen molar-refractivity contribution in [3.05, 3.63) is 0 Å². The number of ether oxygens (including phenoxy) is 2. The normalized spacial score (nSPS) is 11.9. The third kappa shape index (κ3) is 11.3. The highest BCUT2D eigenvalue weighted by atomic mass is 79.9. The minimum Gasteiger partial charge on any atom is -0.469 e. The van der Waals surface area contributed by atoms with Crippen LogP contribution in [0.15, 0.2) is 0 Å². The number of hydrogen-bond acceptors (Lipinski definition) is 4. The van der Waals surface area contributed by atoms with Gasteiger partial charge in [-0.1, -0.05) is 60.9 Å². The molecular weight excluding hydrogens is 324 g/mol. The molecule has 0 amide bonds. The zero-order valence-electron chi connectivity index (χ0n) is 12.7. The van der Waals surface area contributed by atoms with Crippen LogP contribution in [-0.2, 0) is 19.1 Å². The third-order valence-electron chi connectivity index (χ3n) is 3.27. The quantitative estimate of drug-likeness (QED) is 0.303. The Bertz CT molecular complexity index is 269. The molecule has 0 aromatic carbocycles. The highest BCUT2D eigenvalue weighted by Gasteiger charge is 2.13. The van der Waals surface area contributed by atoms with Crippen molar-refractivity contribution in [3.8, 4) is 0 Å². The van der Waals surface area contributed by atoms with Gasteiger partial charge in [-0.3, -0.25) is 9.59 Å². The standard InChI is InChI=1S/C15H27BrO4/c1-19-14(17)12-10-8-6-4-3-5-7-9-11-13(16)15(18)20-2/h13H,3-12H2,1-2H3/t13-/m1/s1. The molecule has 0 unspecified atom stereocenters. The summed E-state index contributed by atoms with van der Waals surface area (Å²) in [6, 6.07) is 0. The Kier molecular flexibility index (Phi) is 13.0. The van der Waals surface area contributed by atoms with E-state index in [1.54, 1.807) is 0 Å². The Morgan fingerprint density at radius 1 is 0.850 bits per heavy atom. The third-order valence-corrected chi connectivity index (χ3v) is 4.10. The van der Waals surface area contributed by atoms with Crippen LogP contribution < -0.4 is 0 Å². The van der Waals surface area contributed by atoms with Gasteiger partial charge in [0.25, 0.3) is 0 Å². The fraction of sp³-hybridized carbons (Fsp3) is 0.867. The van der Waals surface area contributed by atoms with Gasteiger partial charge in [-0.2, -0.15) is 0 Å². The average Bonchev–Trinajstić information content (AvgIpc) is 2.47. The van der Waals surface area contributed by atoms with E-state index >= 15 is 0 Å². The zero-order chi connectivity index (χ0) is 15.2. The van der Waals surface area contributed by atoms with E-state index in [1.165, 1.54) is 39.9 Å². The van der Waals surface area contributed by atoms with Gasteiger partial charge in [0, 0.05) is 6.42 Å². The maximum Gasteiger partial charge on any atom is 0.319 e. The second-order valence-electron chi connectivity index (χ2n) is 4.93. The molecule has 0 saturated heterocycles. The number of halogens is 1. The van der Waals surface area contributed by atoms with E-state index in [2.05, 4.69) is 25.4 Å². The van der Waals surface area contributed by atoms with Gasteiger partial charge >= 0.3 is 11.9 Å². The van der Waals surface area contributed by atoms with Gasteiger partial charge in [-0.05, 0) is 12.8 Å². The number of unbranched alkanes of at least 4 members (excludes halogenated alkanes) is 7. The number of alkyl halides is 1. The van der Waals surface area contributed by atoms with Gasteiger partial charge in [0.2, 0.25) is 0 Å². The summed E-state index contributed by atoms with van der Waals surface area (Å²) in [5.74, 6) is -0.296. The van der Waals surface area contributed by atoms with Crippen LogP contribution in [0.3, 0.4) is 0 Å². The Labute approximate surface area is 130 Å². The minimum atomic E-state index is -0.185. The molecule has 0 rings (SSSR count). The number of esters is 2. The van der Waals surface area contributed by atoms with Crippen molar-refractivity contribution in [2.24, 2.45) is 0 Å². The van der Waals surface area contributed by atoms with Crippen molar-refractivity contribution in [1.29, 1.82) is 0 Å². The summed E-state index contributed by atoms with van der Waals surface area (Å²) < 4.78 is 9.24. The first-order chi connectivity index (χ1) is 9.61. The average molecular weight is 351 g/mol. The molecule has 0 N–H and O–H groups in total. The maximum atomic E-state index is 11.1. The lowest BCUT2D eigenvalue weighted by Crippen LogP contribution is -2.15. The molecule has 0 aliphatic rings. The fourth-order valence-electron chi connectivity index (χ4n) is 2.00. The minimum absolute atomic E-state index is 0.111. The van der Waals surface area contributed by atoms with E-state index in [0.29, 0.717) is 6.42 Å². The topological polar surface area (TPSA) is 52.6 Å². The van der Waals surface area contributed by atoms with Crippen molar-refractivity contribution in [2.45, 2.75) is 69.0 Å². The summed E-state index contributed by atoms with van der Waals surface area (Å²) in [4.78, 5) is 21.9. The van der Waals surface area contributed by atoms with E-state index in [-0.39, 0.29) is 16.8 Å². The molecule has 0 aliphatic heterocycles. The first-order valence-electron chi connectivity index (χ1n) is 7.40. The van der Waals surface area contributed by atoms with Gasteiger partial charge in [-0.15, -0.1) is 0 Å². The summed E-state index contributed by atoms with van der Waals surface area (Å²) in [7, 11) is 2.84. The summed E-state index contributed by atoms with van der Waals surface area (Å²) in [5.41, 5.74) is 0. The van der Waals surface area contributed by atoms with Gasteiger partial charge < -0.3 is 9.47 Å². The van der Waals surface area contributed by atoms with Gasteiger partial charge in [0.15, 0.2) is 0 Å². The van der Waals surface area contributed by atoms with Gasteiger partial charge in [0.1, 0.15) is 4.83 Å². The molecule has 0 bridgehead atoms. The molecule has 0 spiro atoms. The van der Waals surface area contributed by atoms with Gasteiger partial charge in [-0.25, -0.2) is 0 Å². The lowest BCUT2D eigenvalue weighted by molar-refractivity contribution is -0.141. The molecule has 0 fully saturated rings. The van der Waals surface area contributed by atoms with Crippen LogP contribution >= 0.6 is 15.9 Å². The number of hydrogen-bond donors (Lipinski definition) is 0. The van der Waals surface area contributed by atoms with Crippen molar-refractivity contribution in [2.75, 3.05) is 14.2 Å². The molecule has 118 valence electrons. The van der Waals surface area contributed by atoms with E-state index in [1.807, 2.05) is 0 Å². The van der Waals surface area contributed by atoms with Crippen LogP contribution in [0.1, 0.15) is 64.2 Å². The predicted octanol–water partition coefficient (Wildman–Crippen LogP) is 4.00. The highest BCUT2D eigenvalue weighted by Crippen LogP contribution is 2.15. The number of methoxy groups -OCH3 is 2. The van der Waals surface area contributed by atoms with E-state index in [4.69, 9.17) is 0 Å². The highest BCUT2D eigenvalue weighted by molar-refractivity contribution is 9.10. The number of rotatable bonds is 12. The van der Waals surface area contributed by atoms with Crippen LogP contribution in [0.4, 0.5) is 0 Å². The van der Waals surface area contributed by atoms with E-state index in [0.717, 1.165) is 32.1 Å². The Hall–Kier alpha value is -0.580. The van der Waals surface area contributed by atoms with Crippen LogP contribution in [0, 0.1) is 0 Å². The smallest absolute Gasteiger partial charge is 0.319 e. The summed E-state index contributed by atoms with van der Waals surface area (Å²) in [6.07, 6.45) is 10.4. The Morgan fingerprint density at radius 3 is 1.85 bits per heavy atom. The molecule has 0 radical (unpaired) electrons. The second kappa shape index (κ2) is 13.4. The first-order valence-corrected chi connectivity index (χ1v) is 8.32. The number of carbonyl (C=O) groups is 2. The molecule has 0 aromatic rings. The largest absolute Gasteiger partial charge is 0.469 e. The van der Waals surface area contributed by atoms with Crippen LogP contribution in [-0.4, -0.2) is 31.0 Å². The Balaban J connectivity index is 3.21. The summed E-state index contributed by atoms with van der Waals surface area (Å²) in [6.45, 7) is 0. The monoisotopic (exact) mass is 350 g/mol. The zero-order valence-corrected chi connectivity index (χ0v) is 14.2. The molecule has 0 heterocycles. The first kappa shape index (κ1) is 19.4. The summed E-state index contributed by atoms with van der Waals surface area (Å²) >= 11 is 3.32. The molecular formula is C15H27BrO4. The van der Waals surface area contributed by atoms with E-state index in [9.17, 15) is 9.59 Å². The molecule has 0 aromatic heterocycles. The van der Waals surface area contributed by atoms with Crippen molar-refractivity contribution in [1.82, 2.24) is 0 Å². The fourth-order valence-corrected chi connectivity index (χ4v) is 2.51. The maximum absolute atomic E-state index is 11.1. The summed E-state index contributed by atoms with van der Waals surface area (Å²) in [5, 5.41) is 0. The van der Waals surface area contributed by atoms with Gasteiger partial charge in [0.05, 0.1) is 14.2 Å². The van der Waals surface area contributed by atoms with Crippen molar-refractivity contribution >= 4 is 27.9 Å². The molecule has 20 heavy (non-hydrogen) atoms. The van der Waals surface area contributed by atoms with E-state index < -0.39 is 0 Å².